The molecule has 0 saturated heterocycles. The van der Waals surface area contributed by atoms with Crippen LogP contribution in [0.2, 0.25) is 0 Å². The van der Waals surface area contributed by atoms with Crippen molar-refractivity contribution in [3.8, 4) is 0 Å². The molecule has 2 aromatic carbocycles. The highest BCUT2D eigenvalue weighted by atomic mass is 32.2. The van der Waals surface area contributed by atoms with E-state index < -0.39 is 10.1 Å². The van der Waals surface area contributed by atoms with Gasteiger partial charge in [0, 0.05) is 30.4 Å². The van der Waals surface area contributed by atoms with Crippen molar-refractivity contribution in [1.29, 1.82) is 0 Å². The number of benzene rings is 2. The number of anilines is 1. The van der Waals surface area contributed by atoms with Gasteiger partial charge >= 0.3 is 5.13 Å². The second-order valence-electron chi connectivity index (χ2n) is 6.55. The van der Waals surface area contributed by atoms with Crippen molar-refractivity contribution >= 4 is 38.0 Å². The van der Waals surface area contributed by atoms with Crippen LogP contribution in [0.25, 0.3) is 0 Å². The zero-order valence-corrected chi connectivity index (χ0v) is 17.6. The average molecular weight is 431 g/mol. The molecule has 0 saturated carbocycles. The van der Waals surface area contributed by atoms with Gasteiger partial charge in [-0.1, -0.05) is 30.3 Å². The van der Waals surface area contributed by atoms with Crippen LogP contribution in [0.15, 0.2) is 76.4 Å². The normalized spacial score (nSPS) is 11.8. The molecule has 3 rings (SSSR count). The molecule has 0 atom stereocenters. The Morgan fingerprint density at radius 1 is 1.07 bits per heavy atom. The fourth-order valence-corrected chi connectivity index (χ4v) is 3.97. The largest absolute Gasteiger partial charge is 0.748 e. The molecular weight excluding hydrogens is 408 g/mol. The van der Waals surface area contributed by atoms with Gasteiger partial charge in [-0.3, -0.25) is 0 Å². The van der Waals surface area contributed by atoms with Crippen LogP contribution in [0.3, 0.4) is 0 Å². The van der Waals surface area contributed by atoms with Gasteiger partial charge in [0.15, 0.2) is 0 Å². The number of aromatic nitrogens is 1. The summed E-state index contributed by atoms with van der Waals surface area (Å²) < 4.78 is 34.0. The van der Waals surface area contributed by atoms with Crippen LogP contribution < -0.4 is 9.47 Å². The minimum atomic E-state index is -4.19. The van der Waals surface area contributed by atoms with E-state index in [1.54, 1.807) is 10.8 Å². The lowest BCUT2D eigenvalue weighted by Crippen LogP contribution is -2.32. The quantitative estimate of drug-likeness (QED) is 0.291. The molecule has 0 fully saturated rings. The highest BCUT2D eigenvalue weighted by Gasteiger charge is 2.12. The Labute approximate surface area is 174 Å². The summed E-state index contributed by atoms with van der Waals surface area (Å²) in [6.45, 7) is 1.22. The number of hydrogen-bond acceptors (Lipinski definition) is 7. The Bertz CT molecular complexity index is 1050. The summed E-state index contributed by atoms with van der Waals surface area (Å²) in [6.07, 6.45) is 2.05. The lowest BCUT2D eigenvalue weighted by Gasteiger charge is -2.19. The first kappa shape index (κ1) is 21.1. The minimum Gasteiger partial charge on any atom is -0.748 e. The van der Waals surface area contributed by atoms with Gasteiger partial charge in [-0.2, -0.15) is 0 Å². The van der Waals surface area contributed by atoms with E-state index in [-0.39, 0.29) is 12.2 Å². The minimum absolute atomic E-state index is 0.248. The van der Waals surface area contributed by atoms with Gasteiger partial charge in [-0.15, -0.1) is 0 Å². The van der Waals surface area contributed by atoms with Crippen molar-refractivity contribution < 1.29 is 17.5 Å². The van der Waals surface area contributed by atoms with Crippen molar-refractivity contribution in [1.82, 2.24) is 0 Å². The van der Waals surface area contributed by atoms with E-state index in [1.807, 2.05) is 54.9 Å². The molecule has 0 radical (unpaired) electrons. The summed E-state index contributed by atoms with van der Waals surface area (Å²) in [5.41, 5.74) is 3.05. The van der Waals surface area contributed by atoms with E-state index in [2.05, 4.69) is 27.3 Å². The molecule has 1 aromatic heterocycles. The van der Waals surface area contributed by atoms with Gasteiger partial charge in [-0.05, 0) is 52.7 Å². The number of thiazole rings is 1. The average Bonchev–Trinajstić information content (AvgIpc) is 3.14. The van der Waals surface area contributed by atoms with Gasteiger partial charge in [0.25, 0.3) is 0 Å². The maximum absolute atomic E-state index is 10.7. The smallest absolute Gasteiger partial charge is 0.408 e. The third kappa shape index (κ3) is 6.74. The number of nitrogens with zero attached hydrogens (tertiary/aromatic N) is 4. The number of aryl methyl sites for hydroxylation is 1. The summed E-state index contributed by atoms with van der Waals surface area (Å²) in [5.74, 6) is -0.385. The van der Waals surface area contributed by atoms with Crippen LogP contribution in [0, 0.1) is 0 Å². The first-order chi connectivity index (χ1) is 13.9. The Morgan fingerprint density at radius 2 is 1.79 bits per heavy atom. The number of rotatable bonds is 9. The van der Waals surface area contributed by atoms with Crippen LogP contribution in [0.4, 0.5) is 16.5 Å². The molecule has 0 unspecified atom stereocenters. The zero-order valence-electron chi connectivity index (χ0n) is 16.0. The summed E-state index contributed by atoms with van der Waals surface area (Å²) in [7, 11) is -2.15. The van der Waals surface area contributed by atoms with Gasteiger partial charge < -0.3 is 9.45 Å². The standard InChI is InChI=1S/C20H22N4O3S2/c1-23(16-17-6-3-2-4-7-17)19-10-8-18(9-11-19)21-22-20-24(13-14-28-20)12-5-15-29(25,26)27/h2-4,6-11,13-14H,5,12,15-16H2,1H3. The van der Waals surface area contributed by atoms with Gasteiger partial charge in [0.1, 0.15) is 11.9 Å². The first-order valence-electron chi connectivity index (χ1n) is 9.08. The lowest BCUT2D eigenvalue weighted by atomic mass is 10.2. The van der Waals surface area contributed by atoms with Crippen molar-refractivity contribution in [3.05, 3.63) is 71.7 Å². The van der Waals surface area contributed by atoms with Crippen molar-refractivity contribution in [3.63, 3.8) is 0 Å². The molecule has 29 heavy (non-hydrogen) atoms. The Hall–Kier alpha value is -2.62. The van der Waals surface area contributed by atoms with Crippen LogP contribution in [0.1, 0.15) is 12.0 Å². The van der Waals surface area contributed by atoms with Gasteiger partial charge in [0.05, 0.1) is 21.8 Å². The monoisotopic (exact) mass is 430 g/mol. The molecule has 0 aliphatic rings. The van der Waals surface area contributed by atoms with Gasteiger partial charge in [-0.25, -0.2) is 13.0 Å². The maximum atomic E-state index is 10.7. The van der Waals surface area contributed by atoms with Crippen molar-refractivity contribution in [2.24, 2.45) is 10.2 Å². The first-order valence-corrected chi connectivity index (χ1v) is 11.5. The topological polar surface area (TPSA) is 89.0 Å². The Balaban J connectivity index is 1.60. The summed E-state index contributed by atoms with van der Waals surface area (Å²) in [5, 5.41) is 11.0. The van der Waals surface area contributed by atoms with E-state index in [4.69, 9.17) is 0 Å². The third-order valence-corrected chi connectivity index (χ3v) is 5.83. The van der Waals surface area contributed by atoms with Crippen molar-refractivity contribution in [2.75, 3.05) is 17.7 Å². The molecule has 1 heterocycles. The van der Waals surface area contributed by atoms with E-state index in [0.29, 0.717) is 11.7 Å². The molecule has 9 heteroatoms. The lowest BCUT2D eigenvalue weighted by molar-refractivity contribution is -0.680. The van der Waals surface area contributed by atoms with Gasteiger partial charge in [0.2, 0.25) is 0 Å². The number of hydrogen-bond donors (Lipinski definition) is 0. The molecule has 3 aromatic rings. The van der Waals surface area contributed by atoms with E-state index in [9.17, 15) is 13.0 Å². The Kier molecular flexibility index (Phi) is 7.08. The second-order valence-corrected chi connectivity index (χ2v) is 8.95. The molecule has 0 aliphatic heterocycles. The summed E-state index contributed by atoms with van der Waals surface area (Å²) in [6, 6.07) is 18.1. The predicted octanol–water partition coefficient (Wildman–Crippen LogP) is 4.02. The van der Waals surface area contributed by atoms with E-state index in [0.717, 1.165) is 17.9 Å². The molecule has 0 spiro atoms. The third-order valence-electron chi connectivity index (χ3n) is 4.26. The zero-order chi connectivity index (χ0) is 20.7. The van der Waals surface area contributed by atoms with Crippen LogP contribution in [-0.2, 0) is 23.2 Å². The molecule has 0 amide bonds. The van der Waals surface area contributed by atoms with Crippen LogP contribution in [-0.4, -0.2) is 25.8 Å². The van der Waals surface area contributed by atoms with Crippen LogP contribution in [0.5, 0.6) is 0 Å². The fourth-order valence-electron chi connectivity index (χ4n) is 2.78. The molecule has 7 nitrogen and oxygen atoms in total. The number of azo groups is 1. The molecular formula is C20H22N4O3S2. The fraction of sp³-hybridized carbons (Fsp3) is 0.250. The van der Waals surface area contributed by atoms with Crippen LogP contribution >= 0.6 is 11.3 Å². The molecule has 0 N–H and O–H groups in total. The second kappa shape index (κ2) is 9.73. The predicted molar refractivity (Wildman–Crippen MR) is 113 cm³/mol. The highest BCUT2D eigenvalue weighted by Crippen LogP contribution is 2.23. The van der Waals surface area contributed by atoms with E-state index in [1.165, 1.54) is 16.9 Å². The molecule has 0 bridgehead atoms. The molecule has 152 valence electrons. The summed E-state index contributed by atoms with van der Waals surface area (Å²) >= 11 is 1.40. The molecule has 0 aliphatic carbocycles. The maximum Gasteiger partial charge on any atom is 0.408 e. The Morgan fingerprint density at radius 3 is 2.48 bits per heavy atom. The SMILES string of the molecule is CN(Cc1ccccc1)c1ccc(/N=N/c2scc[n+]2CCCS(=O)(=O)[O-])cc1. The van der Waals surface area contributed by atoms with E-state index >= 15 is 0 Å². The van der Waals surface area contributed by atoms with Crippen molar-refractivity contribution in [2.45, 2.75) is 19.5 Å². The summed E-state index contributed by atoms with van der Waals surface area (Å²) in [4.78, 5) is 2.16. The highest BCUT2D eigenvalue weighted by molar-refractivity contribution is 7.85.